The lowest BCUT2D eigenvalue weighted by Crippen LogP contribution is -2.31. The van der Waals surface area contributed by atoms with Gasteiger partial charge in [0, 0.05) is 23.5 Å². The minimum absolute atomic E-state index is 0.0346. The number of nitro benzene ring substituents is 1. The molecule has 0 saturated carbocycles. The average Bonchev–Trinajstić information content (AvgIpc) is 2.77. The number of nitrogens with zero attached hydrogens (tertiary/aromatic N) is 1. The van der Waals surface area contributed by atoms with Gasteiger partial charge in [0.05, 0.1) is 41.0 Å². The number of nitro groups is 1. The third-order valence-electron chi connectivity index (χ3n) is 6.33. The van der Waals surface area contributed by atoms with Gasteiger partial charge in [0.25, 0.3) is 5.69 Å². The molecule has 3 unspecified atom stereocenters. The summed E-state index contributed by atoms with van der Waals surface area (Å²) in [6, 6.07) is 5.94. The molecule has 1 N–H and O–H groups in total. The number of esters is 1. The third-order valence-corrected chi connectivity index (χ3v) is 8.73. The Morgan fingerprint density at radius 2 is 1.57 bits per heavy atom. The summed E-state index contributed by atoms with van der Waals surface area (Å²) >= 11 is 0. The molecule has 1 aromatic rings. The fraction of sp³-hybridized carbons (Fsp3) is 0.560. The molecule has 10 heteroatoms. The van der Waals surface area contributed by atoms with E-state index in [-0.39, 0.29) is 28.4 Å². The van der Waals surface area contributed by atoms with Crippen LogP contribution >= 0.6 is 7.60 Å². The number of benzene rings is 1. The van der Waals surface area contributed by atoms with E-state index in [4.69, 9.17) is 13.8 Å². The molecule has 0 radical (unpaired) electrons. The molecule has 9 nitrogen and oxygen atoms in total. The van der Waals surface area contributed by atoms with Crippen molar-refractivity contribution in [1.29, 1.82) is 0 Å². The van der Waals surface area contributed by atoms with Gasteiger partial charge in [0.1, 0.15) is 0 Å². The number of carbonyl (C=O) groups is 1. The van der Waals surface area contributed by atoms with Gasteiger partial charge >= 0.3 is 13.6 Å². The highest BCUT2D eigenvalue weighted by atomic mass is 31.2. The SMILES string of the molecule is COC(=O)C1=C(C)NC(C)=C(P(=O)(OC(C)C(C)C)OC(C)C(C)C)C1c1cccc([N+](=O)[O-])c1. The van der Waals surface area contributed by atoms with E-state index >= 15 is 0 Å². The van der Waals surface area contributed by atoms with Crippen molar-refractivity contribution in [2.24, 2.45) is 11.8 Å². The third kappa shape index (κ3) is 6.40. The monoisotopic (exact) mass is 508 g/mol. The van der Waals surface area contributed by atoms with Crippen LogP contribution in [0.5, 0.6) is 0 Å². The Bertz CT molecular complexity index is 1060. The van der Waals surface area contributed by atoms with E-state index in [0.717, 1.165) is 0 Å². The van der Waals surface area contributed by atoms with E-state index in [1.807, 2.05) is 41.5 Å². The van der Waals surface area contributed by atoms with Crippen LogP contribution in [0, 0.1) is 22.0 Å². The Labute approximate surface area is 207 Å². The number of rotatable bonds is 10. The molecule has 0 fully saturated rings. The van der Waals surface area contributed by atoms with Gasteiger partial charge in [-0.05, 0) is 45.1 Å². The molecular formula is C25H37N2O7P. The molecule has 0 bridgehead atoms. The van der Waals surface area contributed by atoms with Crippen LogP contribution in [0.4, 0.5) is 5.69 Å². The molecule has 35 heavy (non-hydrogen) atoms. The lowest BCUT2D eigenvalue weighted by molar-refractivity contribution is -0.384. The average molecular weight is 509 g/mol. The molecule has 2 rings (SSSR count). The fourth-order valence-corrected chi connectivity index (χ4v) is 6.39. The number of methoxy groups -OCH3 is 1. The molecule has 1 aliphatic heterocycles. The van der Waals surface area contributed by atoms with Gasteiger partial charge in [-0.2, -0.15) is 0 Å². The number of allylic oxidation sites excluding steroid dienone is 3. The number of dihydropyridines is 1. The quantitative estimate of drug-likeness (QED) is 0.170. The molecule has 1 heterocycles. The molecule has 194 valence electrons. The molecule has 3 atom stereocenters. The van der Waals surface area contributed by atoms with Crippen molar-refractivity contribution < 1.29 is 28.1 Å². The second-order valence-electron chi connectivity index (χ2n) is 9.56. The van der Waals surface area contributed by atoms with Crippen LogP contribution in [-0.2, 0) is 23.1 Å². The Morgan fingerprint density at radius 1 is 1.03 bits per heavy atom. The lowest BCUT2D eigenvalue weighted by atomic mass is 9.86. The van der Waals surface area contributed by atoms with Crippen LogP contribution in [0.15, 0.2) is 46.5 Å². The number of carbonyl (C=O) groups excluding carboxylic acids is 1. The summed E-state index contributed by atoms with van der Waals surface area (Å²) in [5.74, 6) is -1.51. The predicted octanol–water partition coefficient (Wildman–Crippen LogP) is 6.28. The van der Waals surface area contributed by atoms with Crippen LogP contribution in [0.1, 0.15) is 66.9 Å². The molecular weight excluding hydrogens is 471 g/mol. The van der Waals surface area contributed by atoms with Gasteiger partial charge in [0.15, 0.2) is 0 Å². The normalized spacial score (nSPS) is 19.9. The Kier molecular flexibility index (Phi) is 9.45. The lowest BCUT2D eigenvalue weighted by Gasteiger charge is -2.37. The molecule has 0 aromatic heterocycles. The molecule has 0 aliphatic carbocycles. The molecule has 1 aromatic carbocycles. The van der Waals surface area contributed by atoms with E-state index in [0.29, 0.717) is 17.0 Å². The maximum absolute atomic E-state index is 14.7. The number of hydrogen-bond acceptors (Lipinski definition) is 8. The summed E-state index contributed by atoms with van der Waals surface area (Å²) in [5.41, 5.74) is 1.45. The summed E-state index contributed by atoms with van der Waals surface area (Å²) in [6.45, 7) is 14.9. The smallest absolute Gasteiger partial charge is 0.360 e. The number of ether oxygens (including phenoxy) is 1. The van der Waals surface area contributed by atoms with Gasteiger partial charge in [0.2, 0.25) is 0 Å². The molecule has 0 amide bonds. The fourth-order valence-electron chi connectivity index (χ4n) is 3.69. The van der Waals surface area contributed by atoms with Gasteiger partial charge < -0.3 is 19.1 Å². The van der Waals surface area contributed by atoms with Crippen molar-refractivity contribution >= 4 is 19.3 Å². The number of non-ortho nitro benzene ring substituents is 1. The van der Waals surface area contributed by atoms with Crippen LogP contribution in [0.25, 0.3) is 0 Å². The Hall–Kier alpha value is -2.48. The van der Waals surface area contributed by atoms with Gasteiger partial charge in [-0.15, -0.1) is 0 Å². The highest BCUT2D eigenvalue weighted by Crippen LogP contribution is 2.66. The van der Waals surface area contributed by atoms with Crippen LogP contribution in [-0.4, -0.2) is 30.2 Å². The van der Waals surface area contributed by atoms with Crippen molar-refractivity contribution in [3.63, 3.8) is 0 Å². The maximum Gasteiger partial charge on any atom is 0.360 e. The minimum Gasteiger partial charge on any atom is -0.466 e. The first-order chi connectivity index (χ1) is 16.2. The van der Waals surface area contributed by atoms with Crippen LogP contribution in [0.3, 0.4) is 0 Å². The molecule has 0 spiro atoms. The summed E-state index contributed by atoms with van der Waals surface area (Å²) in [7, 11) is -2.78. The van der Waals surface area contributed by atoms with E-state index in [2.05, 4.69) is 5.32 Å². The molecule has 0 saturated heterocycles. The standard InChI is InChI=1S/C25H37N2O7P/c1-14(2)18(7)33-35(31,34-19(8)15(3)4)24-17(6)26-16(5)22(25(28)32-9)23(24)20-11-10-12-21(13-20)27(29)30/h10-15,18-19,23,26H,1-9H3. The summed E-state index contributed by atoms with van der Waals surface area (Å²) in [6.07, 6.45) is -0.861. The van der Waals surface area contributed by atoms with Crippen molar-refractivity contribution in [1.82, 2.24) is 5.32 Å². The minimum atomic E-state index is -4.04. The van der Waals surface area contributed by atoms with E-state index in [9.17, 15) is 19.5 Å². The Balaban J connectivity index is 2.85. The first-order valence-corrected chi connectivity index (χ1v) is 13.3. The van der Waals surface area contributed by atoms with Gasteiger partial charge in [-0.3, -0.25) is 14.7 Å². The summed E-state index contributed by atoms with van der Waals surface area (Å²) < 4.78 is 32.1. The largest absolute Gasteiger partial charge is 0.466 e. The predicted molar refractivity (Wildman–Crippen MR) is 135 cm³/mol. The zero-order chi connectivity index (χ0) is 26.7. The van der Waals surface area contributed by atoms with Gasteiger partial charge in [-0.25, -0.2) is 4.79 Å². The van der Waals surface area contributed by atoms with Gasteiger partial charge in [-0.1, -0.05) is 39.8 Å². The van der Waals surface area contributed by atoms with Crippen molar-refractivity contribution in [2.45, 2.75) is 73.5 Å². The first-order valence-electron chi connectivity index (χ1n) is 11.7. The Morgan fingerprint density at radius 3 is 2.03 bits per heavy atom. The zero-order valence-corrected chi connectivity index (χ0v) is 22.8. The van der Waals surface area contributed by atoms with Crippen molar-refractivity contribution in [2.75, 3.05) is 7.11 Å². The van der Waals surface area contributed by atoms with Crippen molar-refractivity contribution in [3.05, 3.63) is 62.2 Å². The highest BCUT2D eigenvalue weighted by Gasteiger charge is 2.47. The molecule has 1 aliphatic rings. The van der Waals surface area contributed by atoms with E-state index in [1.165, 1.54) is 25.3 Å². The number of nitrogens with one attached hydrogen (secondary N) is 1. The zero-order valence-electron chi connectivity index (χ0n) is 21.9. The van der Waals surface area contributed by atoms with Crippen molar-refractivity contribution in [3.8, 4) is 0 Å². The topological polar surface area (TPSA) is 117 Å². The summed E-state index contributed by atoms with van der Waals surface area (Å²) in [4.78, 5) is 24.0. The second kappa shape index (κ2) is 11.5. The van der Waals surface area contributed by atoms with Crippen LogP contribution in [0.2, 0.25) is 0 Å². The number of hydrogen-bond donors (Lipinski definition) is 1. The van der Waals surface area contributed by atoms with E-state index in [1.54, 1.807) is 19.9 Å². The van der Waals surface area contributed by atoms with E-state index < -0.39 is 36.6 Å². The summed E-state index contributed by atoms with van der Waals surface area (Å²) in [5, 5.41) is 14.9. The van der Waals surface area contributed by atoms with Crippen LogP contribution < -0.4 is 5.32 Å². The first kappa shape index (κ1) is 28.8. The highest BCUT2D eigenvalue weighted by molar-refractivity contribution is 7.58. The second-order valence-corrected chi connectivity index (χ2v) is 11.5. The maximum atomic E-state index is 14.7.